The van der Waals surface area contributed by atoms with E-state index < -0.39 is 0 Å². The van der Waals surface area contributed by atoms with Crippen LogP contribution >= 0.6 is 12.2 Å². The molecule has 0 radical (unpaired) electrons. The summed E-state index contributed by atoms with van der Waals surface area (Å²) in [4.78, 5) is 12.2. The highest BCUT2D eigenvalue weighted by Gasteiger charge is 2.22. The van der Waals surface area contributed by atoms with Crippen molar-refractivity contribution in [2.75, 3.05) is 13.7 Å². The second-order valence-corrected chi connectivity index (χ2v) is 5.48. The van der Waals surface area contributed by atoms with Crippen LogP contribution in [-0.2, 0) is 4.74 Å². The zero-order valence-electron chi connectivity index (χ0n) is 12.9. The van der Waals surface area contributed by atoms with Crippen molar-refractivity contribution >= 4 is 23.2 Å². The van der Waals surface area contributed by atoms with E-state index in [2.05, 4.69) is 21.3 Å². The van der Waals surface area contributed by atoms with Crippen molar-refractivity contribution in [1.82, 2.24) is 21.3 Å². The fraction of sp³-hybridized carbons (Fsp3) is 0.615. The van der Waals surface area contributed by atoms with Crippen LogP contribution in [0.5, 0.6) is 0 Å². The van der Waals surface area contributed by atoms with E-state index in [0.717, 1.165) is 0 Å². The lowest BCUT2D eigenvalue weighted by Gasteiger charge is -2.16. The minimum absolute atomic E-state index is 0.0375. The zero-order chi connectivity index (χ0) is 16.0. The van der Waals surface area contributed by atoms with Crippen molar-refractivity contribution in [3.05, 3.63) is 17.0 Å². The van der Waals surface area contributed by atoms with Crippen LogP contribution in [-0.4, -0.2) is 35.9 Å². The van der Waals surface area contributed by atoms with Gasteiger partial charge >= 0.3 is 0 Å². The first-order valence-electron chi connectivity index (χ1n) is 6.68. The fourth-order valence-corrected chi connectivity index (χ4v) is 2.04. The summed E-state index contributed by atoms with van der Waals surface area (Å²) < 4.78 is 10.2. The third-order valence-corrected chi connectivity index (χ3v) is 2.94. The molecule has 1 aromatic rings. The molecule has 3 N–H and O–H groups in total. The Kier molecular flexibility index (Phi) is 6.57. The SMILES string of the molecule is COC[C@@H](C)NC(=S)NNC(=O)c1c(C)noc1C(C)C. The molecule has 0 fully saturated rings. The van der Waals surface area contributed by atoms with Gasteiger partial charge in [0.25, 0.3) is 5.91 Å². The molecule has 0 aliphatic carbocycles. The number of amides is 1. The minimum atomic E-state index is -0.332. The molecule has 8 heteroatoms. The molecule has 1 atom stereocenters. The lowest BCUT2D eigenvalue weighted by atomic mass is 10.1. The number of aryl methyl sites for hydroxylation is 1. The van der Waals surface area contributed by atoms with Crippen molar-refractivity contribution in [2.24, 2.45) is 0 Å². The molecule has 1 heterocycles. The number of rotatable bonds is 5. The van der Waals surface area contributed by atoms with Crippen LogP contribution in [0.2, 0.25) is 0 Å². The van der Waals surface area contributed by atoms with Crippen LogP contribution in [0.25, 0.3) is 0 Å². The minimum Gasteiger partial charge on any atom is -0.383 e. The maximum atomic E-state index is 12.2. The second kappa shape index (κ2) is 7.94. The predicted octanol–water partition coefficient (Wildman–Crippen LogP) is 1.25. The van der Waals surface area contributed by atoms with E-state index in [1.54, 1.807) is 14.0 Å². The summed E-state index contributed by atoms with van der Waals surface area (Å²) in [6, 6.07) is 0.0375. The van der Waals surface area contributed by atoms with Gasteiger partial charge in [-0.25, -0.2) is 0 Å². The Hall–Kier alpha value is -1.67. The monoisotopic (exact) mass is 314 g/mol. The molecule has 1 rings (SSSR count). The number of methoxy groups -OCH3 is 1. The third-order valence-electron chi connectivity index (χ3n) is 2.72. The lowest BCUT2D eigenvalue weighted by Crippen LogP contribution is -2.50. The zero-order valence-corrected chi connectivity index (χ0v) is 13.8. The first-order chi connectivity index (χ1) is 9.86. The summed E-state index contributed by atoms with van der Waals surface area (Å²) >= 11 is 5.08. The molecule has 0 spiro atoms. The molecule has 0 unspecified atom stereocenters. The number of hydrazine groups is 1. The molecular formula is C13H22N4O3S. The molecule has 1 aromatic heterocycles. The first kappa shape index (κ1) is 17.4. The van der Waals surface area contributed by atoms with Gasteiger partial charge < -0.3 is 14.6 Å². The highest BCUT2D eigenvalue weighted by atomic mass is 32.1. The number of ether oxygens (including phenoxy) is 1. The van der Waals surface area contributed by atoms with Crippen LogP contribution in [0.4, 0.5) is 0 Å². The molecule has 0 bridgehead atoms. The topological polar surface area (TPSA) is 88.4 Å². The fourth-order valence-electron chi connectivity index (χ4n) is 1.79. The molecule has 0 saturated carbocycles. The maximum absolute atomic E-state index is 12.2. The number of hydrogen-bond acceptors (Lipinski definition) is 5. The Bertz CT molecular complexity index is 502. The number of aromatic nitrogens is 1. The average Bonchev–Trinajstić information content (AvgIpc) is 2.78. The summed E-state index contributed by atoms with van der Waals surface area (Å²) in [6.45, 7) is 8.02. The molecule has 21 heavy (non-hydrogen) atoms. The number of carbonyl (C=O) groups is 1. The van der Waals surface area contributed by atoms with Gasteiger partial charge in [0.2, 0.25) is 0 Å². The van der Waals surface area contributed by atoms with Crippen LogP contribution in [0.3, 0.4) is 0 Å². The van der Waals surface area contributed by atoms with E-state index in [1.165, 1.54) is 0 Å². The number of hydrogen-bond donors (Lipinski definition) is 3. The Morgan fingerprint density at radius 3 is 2.62 bits per heavy atom. The molecule has 118 valence electrons. The van der Waals surface area contributed by atoms with E-state index in [4.69, 9.17) is 21.5 Å². The largest absolute Gasteiger partial charge is 0.383 e. The Morgan fingerprint density at radius 2 is 2.05 bits per heavy atom. The molecule has 0 aliphatic rings. The summed E-state index contributed by atoms with van der Waals surface area (Å²) in [6.07, 6.45) is 0. The Balaban J connectivity index is 2.58. The van der Waals surface area contributed by atoms with Crippen LogP contribution < -0.4 is 16.2 Å². The summed E-state index contributed by atoms with van der Waals surface area (Å²) in [5, 5.41) is 7.12. The number of carbonyl (C=O) groups excluding carboxylic acids is 1. The van der Waals surface area contributed by atoms with Gasteiger partial charge in [-0.1, -0.05) is 19.0 Å². The van der Waals surface area contributed by atoms with E-state index in [0.29, 0.717) is 28.7 Å². The van der Waals surface area contributed by atoms with Crippen LogP contribution in [0.15, 0.2) is 4.52 Å². The van der Waals surface area contributed by atoms with Gasteiger partial charge in [0, 0.05) is 19.1 Å². The second-order valence-electron chi connectivity index (χ2n) is 5.07. The van der Waals surface area contributed by atoms with Gasteiger partial charge in [-0.05, 0) is 26.1 Å². The van der Waals surface area contributed by atoms with E-state index >= 15 is 0 Å². The quantitative estimate of drug-likeness (QED) is 0.557. The Labute approximate surface area is 129 Å². The van der Waals surface area contributed by atoms with Crippen molar-refractivity contribution in [3.8, 4) is 0 Å². The number of nitrogens with zero attached hydrogens (tertiary/aromatic N) is 1. The van der Waals surface area contributed by atoms with E-state index in [9.17, 15) is 4.79 Å². The van der Waals surface area contributed by atoms with Crippen LogP contribution in [0.1, 0.15) is 48.5 Å². The molecule has 7 nitrogen and oxygen atoms in total. The Morgan fingerprint density at radius 1 is 1.38 bits per heavy atom. The molecule has 0 aromatic carbocycles. The van der Waals surface area contributed by atoms with Gasteiger partial charge in [0.1, 0.15) is 5.56 Å². The smallest absolute Gasteiger partial charge is 0.275 e. The molecule has 0 saturated heterocycles. The maximum Gasteiger partial charge on any atom is 0.275 e. The highest BCUT2D eigenvalue weighted by Crippen LogP contribution is 2.21. The average molecular weight is 314 g/mol. The third kappa shape index (κ3) is 4.98. The standard InChI is InChI=1S/C13H22N4O3S/c1-7(2)11-10(9(4)17-20-11)12(18)15-16-13(21)14-8(3)6-19-5/h7-8H,6H2,1-5H3,(H,15,18)(H2,14,16,21)/t8-/m1/s1. The summed E-state index contributed by atoms with van der Waals surface area (Å²) in [7, 11) is 1.61. The predicted molar refractivity (Wildman–Crippen MR) is 83.0 cm³/mol. The normalized spacial score (nSPS) is 12.1. The summed E-state index contributed by atoms with van der Waals surface area (Å²) in [5.41, 5.74) is 6.17. The van der Waals surface area contributed by atoms with Crippen LogP contribution in [0, 0.1) is 6.92 Å². The summed E-state index contributed by atoms with van der Waals surface area (Å²) in [5.74, 6) is 0.290. The first-order valence-corrected chi connectivity index (χ1v) is 7.09. The molecule has 1 amide bonds. The van der Waals surface area contributed by atoms with Crippen molar-refractivity contribution < 1.29 is 14.1 Å². The van der Waals surface area contributed by atoms with E-state index in [-0.39, 0.29) is 17.9 Å². The number of nitrogens with one attached hydrogen (secondary N) is 3. The van der Waals surface area contributed by atoms with E-state index in [1.807, 2.05) is 20.8 Å². The lowest BCUT2D eigenvalue weighted by molar-refractivity contribution is 0.0940. The molecule has 0 aliphatic heterocycles. The van der Waals surface area contributed by atoms with Gasteiger partial charge in [0.05, 0.1) is 12.3 Å². The molecular weight excluding hydrogens is 292 g/mol. The van der Waals surface area contributed by atoms with Gasteiger partial charge in [-0.2, -0.15) is 0 Å². The van der Waals surface area contributed by atoms with Gasteiger partial charge in [-0.15, -0.1) is 0 Å². The van der Waals surface area contributed by atoms with Crippen molar-refractivity contribution in [3.63, 3.8) is 0 Å². The van der Waals surface area contributed by atoms with Gasteiger partial charge in [-0.3, -0.25) is 15.6 Å². The van der Waals surface area contributed by atoms with Crippen molar-refractivity contribution in [1.29, 1.82) is 0 Å². The number of thiocarbonyl (C=S) groups is 1. The van der Waals surface area contributed by atoms with Gasteiger partial charge in [0.15, 0.2) is 10.9 Å². The highest BCUT2D eigenvalue weighted by molar-refractivity contribution is 7.80. The van der Waals surface area contributed by atoms with Crippen molar-refractivity contribution in [2.45, 2.75) is 39.7 Å².